The van der Waals surface area contributed by atoms with Gasteiger partial charge in [0.05, 0.1) is 4.47 Å². The first-order chi connectivity index (χ1) is 6.66. The second-order valence-corrected chi connectivity index (χ2v) is 4.33. The highest BCUT2D eigenvalue weighted by Gasteiger charge is 2.07. The van der Waals surface area contributed by atoms with Crippen LogP contribution in [0.4, 0.5) is 5.82 Å². The number of hydrogen-bond acceptors (Lipinski definition) is 2. The zero-order valence-corrected chi connectivity index (χ0v) is 10.6. The molecule has 3 heteroatoms. The Kier molecular flexibility index (Phi) is 4.39. The molecule has 0 spiro atoms. The van der Waals surface area contributed by atoms with Crippen LogP contribution in [0, 0.1) is 6.92 Å². The minimum absolute atomic E-state index is 1.04. The van der Waals surface area contributed by atoms with Crippen molar-refractivity contribution in [2.75, 3.05) is 18.5 Å². The highest BCUT2D eigenvalue weighted by Crippen LogP contribution is 2.25. The molecule has 0 saturated carbocycles. The quantitative estimate of drug-likeness (QED) is 0.821. The molecule has 1 rings (SSSR count). The first-order valence-corrected chi connectivity index (χ1v) is 5.78. The van der Waals surface area contributed by atoms with Crippen LogP contribution in [0.15, 0.2) is 16.7 Å². The first kappa shape index (κ1) is 11.5. The lowest BCUT2D eigenvalue weighted by molar-refractivity contribution is 0.758. The van der Waals surface area contributed by atoms with Crippen molar-refractivity contribution in [1.82, 2.24) is 4.98 Å². The monoisotopic (exact) mass is 256 g/mol. The number of halogens is 1. The van der Waals surface area contributed by atoms with Crippen LogP contribution >= 0.6 is 15.9 Å². The molecule has 0 amide bonds. The third-order valence-corrected chi connectivity index (χ3v) is 3.25. The zero-order chi connectivity index (χ0) is 10.6. The van der Waals surface area contributed by atoms with E-state index in [1.807, 2.05) is 12.3 Å². The minimum atomic E-state index is 1.04. The number of unbranched alkanes of at least 4 members (excludes halogenated alkanes) is 1. The van der Waals surface area contributed by atoms with Crippen LogP contribution in [-0.2, 0) is 0 Å². The summed E-state index contributed by atoms with van der Waals surface area (Å²) < 4.78 is 1.11. The van der Waals surface area contributed by atoms with Gasteiger partial charge in [-0.2, -0.15) is 0 Å². The minimum Gasteiger partial charge on any atom is -0.359 e. The third-order valence-electron chi connectivity index (χ3n) is 2.27. The smallest absolute Gasteiger partial charge is 0.142 e. The van der Waals surface area contributed by atoms with Crippen molar-refractivity contribution < 1.29 is 0 Å². The van der Waals surface area contributed by atoms with E-state index in [4.69, 9.17) is 0 Å². The molecule has 1 aromatic rings. The standard InChI is InChI=1S/C11H17BrN2/c1-4-5-8-14(3)11-10(12)9(2)6-7-13-11/h6-7H,4-5,8H2,1-3H3. The fourth-order valence-corrected chi connectivity index (χ4v) is 1.83. The molecule has 78 valence electrons. The molecule has 0 fully saturated rings. The van der Waals surface area contributed by atoms with Gasteiger partial charge in [0.25, 0.3) is 0 Å². The molecule has 0 aliphatic carbocycles. The number of aromatic nitrogens is 1. The lowest BCUT2D eigenvalue weighted by Crippen LogP contribution is -2.20. The molecule has 0 radical (unpaired) electrons. The van der Waals surface area contributed by atoms with E-state index < -0.39 is 0 Å². The van der Waals surface area contributed by atoms with Crippen molar-refractivity contribution in [3.8, 4) is 0 Å². The van der Waals surface area contributed by atoms with E-state index in [0.717, 1.165) is 16.8 Å². The van der Waals surface area contributed by atoms with Crippen molar-refractivity contribution in [2.24, 2.45) is 0 Å². The lowest BCUT2D eigenvalue weighted by atomic mass is 10.2. The van der Waals surface area contributed by atoms with E-state index in [2.05, 4.69) is 46.7 Å². The second kappa shape index (κ2) is 5.35. The van der Waals surface area contributed by atoms with Gasteiger partial charge in [-0.1, -0.05) is 13.3 Å². The summed E-state index contributed by atoms with van der Waals surface area (Å²) in [5.74, 6) is 1.04. The highest BCUT2D eigenvalue weighted by molar-refractivity contribution is 9.10. The Morgan fingerprint density at radius 3 is 2.86 bits per heavy atom. The maximum absolute atomic E-state index is 4.37. The van der Waals surface area contributed by atoms with Crippen LogP contribution in [0.3, 0.4) is 0 Å². The average Bonchev–Trinajstić information content (AvgIpc) is 2.18. The van der Waals surface area contributed by atoms with Crippen LogP contribution in [0.25, 0.3) is 0 Å². The second-order valence-electron chi connectivity index (χ2n) is 3.54. The van der Waals surface area contributed by atoms with Gasteiger partial charge in [0, 0.05) is 19.8 Å². The van der Waals surface area contributed by atoms with E-state index in [1.54, 1.807) is 0 Å². The predicted octanol–water partition coefficient (Wildman–Crippen LogP) is 3.39. The number of anilines is 1. The third kappa shape index (κ3) is 2.71. The number of hydrogen-bond donors (Lipinski definition) is 0. The molecule has 0 aliphatic heterocycles. The molecule has 0 saturated heterocycles. The molecule has 1 heterocycles. The maximum atomic E-state index is 4.37. The summed E-state index contributed by atoms with van der Waals surface area (Å²) in [7, 11) is 2.09. The van der Waals surface area contributed by atoms with E-state index in [0.29, 0.717) is 0 Å². The van der Waals surface area contributed by atoms with Crippen LogP contribution < -0.4 is 4.90 Å². The topological polar surface area (TPSA) is 16.1 Å². The highest BCUT2D eigenvalue weighted by atomic mass is 79.9. The molecule has 14 heavy (non-hydrogen) atoms. The normalized spacial score (nSPS) is 10.3. The summed E-state index contributed by atoms with van der Waals surface area (Å²) in [6.07, 6.45) is 4.28. The summed E-state index contributed by atoms with van der Waals surface area (Å²) in [4.78, 5) is 6.57. The molecule has 0 bridgehead atoms. The van der Waals surface area contributed by atoms with Gasteiger partial charge in [0.15, 0.2) is 0 Å². The van der Waals surface area contributed by atoms with Gasteiger partial charge < -0.3 is 4.90 Å². The van der Waals surface area contributed by atoms with Crippen LogP contribution in [0.1, 0.15) is 25.3 Å². The summed E-state index contributed by atoms with van der Waals surface area (Å²) in [6, 6.07) is 2.02. The molecule has 1 aromatic heterocycles. The number of pyridine rings is 1. The summed E-state index contributed by atoms with van der Waals surface area (Å²) in [5, 5.41) is 0. The van der Waals surface area contributed by atoms with Crippen molar-refractivity contribution in [3.05, 3.63) is 22.3 Å². The fourth-order valence-electron chi connectivity index (χ4n) is 1.29. The Morgan fingerprint density at radius 1 is 1.50 bits per heavy atom. The van der Waals surface area contributed by atoms with Crippen molar-refractivity contribution in [3.63, 3.8) is 0 Å². The van der Waals surface area contributed by atoms with Gasteiger partial charge in [-0.25, -0.2) is 4.98 Å². The van der Waals surface area contributed by atoms with Gasteiger partial charge in [-0.05, 0) is 40.9 Å². The van der Waals surface area contributed by atoms with Gasteiger partial charge >= 0.3 is 0 Å². The Balaban J connectivity index is 2.79. The first-order valence-electron chi connectivity index (χ1n) is 4.99. The van der Waals surface area contributed by atoms with E-state index >= 15 is 0 Å². The average molecular weight is 257 g/mol. The largest absolute Gasteiger partial charge is 0.359 e. The van der Waals surface area contributed by atoms with Crippen LogP contribution in [0.2, 0.25) is 0 Å². The zero-order valence-electron chi connectivity index (χ0n) is 9.05. The summed E-state index contributed by atoms with van der Waals surface area (Å²) >= 11 is 3.57. The Bertz CT molecular complexity index is 299. The molecule has 0 unspecified atom stereocenters. The maximum Gasteiger partial charge on any atom is 0.142 e. The van der Waals surface area contributed by atoms with Crippen molar-refractivity contribution in [1.29, 1.82) is 0 Å². The van der Waals surface area contributed by atoms with Gasteiger partial charge in [-0.3, -0.25) is 0 Å². The van der Waals surface area contributed by atoms with Gasteiger partial charge in [-0.15, -0.1) is 0 Å². The Labute approximate surface area is 94.5 Å². The predicted molar refractivity (Wildman–Crippen MR) is 64.9 cm³/mol. The molecular weight excluding hydrogens is 240 g/mol. The molecule has 0 N–H and O–H groups in total. The Morgan fingerprint density at radius 2 is 2.21 bits per heavy atom. The van der Waals surface area contributed by atoms with E-state index in [-0.39, 0.29) is 0 Å². The van der Waals surface area contributed by atoms with Crippen molar-refractivity contribution in [2.45, 2.75) is 26.7 Å². The number of rotatable bonds is 4. The molecule has 2 nitrogen and oxygen atoms in total. The molecule has 0 aliphatic rings. The van der Waals surface area contributed by atoms with Gasteiger partial charge in [0.1, 0.15) is 5.82 Å². The Hall–Kier alpha value is -0.570. The van der Waals surface area contributed by atoms with E-state index in [1.165, 1.54) is 18.4 Å². The number of aryl methyl sites for hydroxylation is 1. The summed E-state index contributed by atoms with van der Waals surface area (Å²) in [5.41, 5.74) is 1.23. The van der Waals surface area contributed by atoms with Crippen LogP contribution in [0.5, 0.6) is 0 Å². The summed E-state index contributed by atoms with van der Waals surface area (Å²) in [6.45, 7) is 5.35. The number of nitrogens with zero attached hydrogens (tertiary/aromatic N) is 2. The molecular formula is C11H17BrN2. The SMILES string of the molecule is CCCCN(C)c1nccc(C)c1Br. The van der Waals surface area contributed by atoms with E-state index in [9.17, 15) is 0 Å². The fraction of sp³-hybridized carbons (Fsp3) is 0.545. The van der Waals surface area contributed by atoms with Crippen LogP contribution in [-0.4, -0.2) is 18.6 Å². The lowest BCUT2D eigenvalue weighted by Gasteiger charge is -2.19. The molecule has 0 aromatic carbocycles. The van der Waals surface area contributed by atoms with Crippen molar-refractivity contribution >= 4 is 21.7 Å². The van der Waals surface area contributed by atoms with Gasteiger partial charge in [0.2, 0.25) is 0 Å². The molecule has 0 atom stereocenters.